The van der Waals surface area contributed by atoms with Gasteiger partial charge in [0.2, 0.25) is 5.91 Å². The predicted octanol–water partition coefficient (Wildman–Crippen LogP) is 0.0184. The van der Waals surface area contributed by atoms with E-state index in [2.05, 4.69) is 10.6 Å². The summed E-state index contributed by atoms with van der Waals surface area (Å²) in [5.41, 5.74) is 0. The van der Waals surface area contributed by atoms with E-state index in [1.54, 1.807) is 11.8 Å². The third kappa shape index (κ3) is 2.68. The number of hydrogen-bond donors (Lipinski definition) is 3. The molecular weight excluding hydrogens is 228 g/mol. The SMILES string of the molecule is O=C(O)C1CCC(NC(=O)C2CSCN2)C1. The number of hydrogen-bond acceptors (Lipinski definition) is 4. The number of thioether (sulfide) groups is 1. The van der Waals surface area contributed by atoms with Crippen molar-refractivity contribution in [2.24, 2.45) is 5.92 Å². The molecule has 6 heteroatoms. The lowest BCUT2D eigenvalue weighted by atomic mass is 10.1. The fourth-order valence-electron chi connectivity index (χ4n) is 2.20. The van der Waals surface area contributed by atoms with E-state index in [1.165, 1.54) is 0 Å². The van der Waals surface area contributed by atoms with E-state index < -0.39 is 5.97 Å². The maximum Gasteiger partial charge on any atom is 0.306 e. The van der Waals surface area contributed by atoms with Crippen LogP contribution in [0.15, 0.2) is 0 Å². The first-order valence-corrected chi connectivity index (χ1v) is 6.66. The molecule has 0 aromatic rings. The summed E-state index contributed by atoms with van der Waals surface area (Å²) in [6.07, 6.45) is 2.02. The average Bonchev–Trinajstić information content (AvgIpc) is 2.87. The largest absolute Gasteiger partial charge is 0.481 e. The molecule has 3 atom stereocenters. The van der Waals surface area contributed by atoms with E-state index in [1.807, 2.05) is 0 Å². The maximum atomic E-state index is 11.7. The number of nitrogens with one attached hydrogen (secondary N) is 2. The van der Waals surface area contributed by atoms with Crippen LogP contribution in [-0.4, -0.2) is 40.7 Å². The van der Waals surface area contributed by atoms with Gasteiger partial charge in [0.25, 0.3) is 0 Å². The third-order valence-electron chi connectivity index (χ3n) is 3.16. The van der Waals surface area contributed by atoms with E-state index in [9.17, 15) is 9.59 Å². The Bertz CT molecular complexity index is 292. The molecule has 1 saturated heterocycles. The normalized spacial score (nSPS) is 33.9. The fraction of sp³-hybridized carbons (Fsp3) is 0.800. The molecule has 90 valence electrons. The molecule has 1 heterocycles. The van der Waals surface area contributed by atoms with Gasteiger partial charge < -0.3 is 10.4 Å². The highest BCUT2D eigenvalue weighted by Gasteiger charge is 2.32. The van der Waals surface area contributed by atoms with Gasteiger partial charge in [0.05, 0.1) is 12.0 Å². The van der Waals surface area contributed by atoms with Crippen molar-refractivity contribution in [3.8, 4) is 0 Å². The summed E-state index contributed by atoms with van der Waals surface area (Å²) in [5.74, 6) is 0.616. The molecule has 5 nitrogen and oxygen atoms in total. The first-order valence-electron chi connectivity index (χ1n) is 5.51. The van der Waals surface area contributed by atoms with Gasteiger partial charge in [-0.15, -0.1) is 11.8 Å². The van der Waals surface area contributed by atoms with Gasteiger partial charge in [0.1, 0.15) is 0 Å². The van der Waals surface area contributed by atoms with Gasteiger partial charge in [-0.2, -0.15) is 0 Å². The molecular formula is C10H16N2O3S. The number of carbonyl (C=O) groups excluding carboxylic acids is 1. The summed E-state index contributed by atoms with van der Waals surface area (Å²) in [4.78, 5) is 22.5. The van der Waals surface area contributed by atoms with Crippen LogP contribution < -0.4 is 10.6 Å². The molecule has 0 aromatic carbocycles. The summed E-state index contributed by atoms with van der Waals surface area (Å²) in [5, 5.41) is 14.9. The van der Waals surface area contributed by atoms with Crippen LogP contribution in [0.4, 0.5) is 0 Å². The number of rotatable bonds is 3. The summed E-state index contributed by atoms with van der Waals surface area (Å²) >= 11 is 1.71. The number of aliphatic carboxylic acids is 1. The van der Waals surface area contributed by atoms with E-state index >= 15 is 0 Å². The second-order valence-corrected chi connectivity index (χ2v) is 5.36. The Morgan fingerprint density at radius 1 is 1.38 bits per heavy atom. The van der Waals surface area contributed by atoms with Gasteiger partial charge in [-0.05, 0) is 19.3 Å². The smallest absolute Gasteiger partial charge is 0.306 e. The Balaban J connectivity index is 1.78. The Labute approximate surface area is 98.4 Å². The van der Waals surface area contributed by atoms with E-state index in [0.717, 1.165) is 18.1 Å². The summed E-state index contributed by atoms with van der Waals surface area (Å²) in [6, 6.07) is -0.0603. The van der Waals surface area contributed by atoms with Crippen LogP contribution in [0.1, 0.15) is 19.3 Å². The van der Waals surface area contributed by atoms with Crippen molar-refractivity contribution in [1.29, 1.82) is 0 Å². The molecule has 2 fully saturated rings. The minimum absolute atomic E-state index is 0.0149. The zero-order valence-corrected chi connectivity index (χ0v) is 9.76. The topological polar surface area (TPSA) is 78.4 Å². The molecule has 0 radical (unpaired) electrons. The second-order valence-electron chi connectivity index (χ2n) is 4.33. The van der Waals surface area contributed by atoms with Crippen LogP contribution in [0.5, 0.6) is 0 Å². The number of carboxylic acids is 1. The lowest BCUT2D eigenvalue weighted by Gasteiger charge is -2.15. The summed E-state index contributed by atoms with van der Waals surface area (Å²) in [7, 11) is 0. The van der Waals surface area contributed by atoms with E-state index in [4.69, 9.17) is 5.11 Å². The highest BCUT2D eigenvalue weighted by molar-refractivity contribution is 7.99. The van der Waals surface area contributed by atoms with Crippen LogP contribution in [0.3, 0.4) is 0 Å². The molecule has 0 spiro atoms. The van der Waals surface area contributed by atoms with Gasteiger partial charge in [0.15, 0.2) is 0 Å². The second kappa shape index (κ2) is 5.05. The predicted molar refractivity (Wildman–Crippen MR) is 61.2 cm³/mol. The minimum Gasteiger partial charge on any atom is -0.481 e. The number of carboxylic acid groups (broad SMARTS) is 1. The van der Waals surface area contributed by atoms with Crippen LogP contribution in [0, 0.1) is 5.92 Å². The Morgan fingerprint density at radius 3 is 2.75 bits per heavy atom. The third-order valence-corrected chi connectivity index (χ3v) is 4.10. The van der Waals surface area contributed by atoms with Crippen molar-refractivity contribution in [3.05, 3.63) is 0 Å². The van der Waals surface area contributed by atoms with Gasteiger partial charge >= 0.3 is 5.97 Å². The average molecular weight is 244 g/mol. The van der Waals surface area contributed by atoms with Crippen molar-refractivity contribution in [2.45, 2.75) is 31.3 Å². The minimum atomic E-state index is -0.744. The standard InChI is InChI=1S/C10H16N2O3S/c13-9(8-4-16-5-11-8)12-7-2-1-6(3-7)10(14)15/h6-8,11H,1-5H2,(H,12,13)(H,14,15). The molecule has 0 aromatic heterocycles. The molecule has 1 amide bonds. The first-order chi connectivity index (χ1) is 7.66. The fourth-order valence-corrected chi connectivity index (χ4v) is 3.14. The van der Waals surface area contributed by atoms with Crippen molar-refractivity contribution >= 4 is 23.6 Å². The molecule has 2 aliphatic rings. The number of amides is 1. The molecule has 1 aliphatic heterocycles. The first kappa shape index (κ1) is 11.7. The van der Waals surface area contributed by atoms with Crippen molar-refractivity contribution < 1.29 is 14.7 Å². The van der Waals surface area contributed by atoms with E-state index in [-0.39, 0.29) is 23.9 Å². The lowest BCUT2D eigenvalue weighted by Crippen LogP contribution is -2.45. The highest BCUT2D eigenvalue weighted by Crippen LogP contribution is 2.25. The molecule has 16 heavy (non-hydrogen) atoms. The zero-order chi connectivity index (χ0) is 11.5. The van der Waals surface area contributed by atoms with Crippen molar-refractivity contribution in [3.63, 3.8) is 0 Å². The van der Waals surface area contributed by atoms with Crippen molar-refractivity contribution in [1.82, 2.24) is 10.6 Å². The van der Waals surface area contributed by atoms with Crippen molar-refractivity contribution in [2.75, 3.05) is 11.6 Å². The Kier molecular flexibility index (Phi) is 3.70. The lowest BCUT2D eigenvalue weighted by molar-refractivity contribution is -0.141. The zero-order valence-electron chi connectivity index (χ0n) is 8.94. The van der Waals surface area contributed by atoms with Gasteiger partial charge in [-0.25, -0.2) is 0 Å². The Hall–Kier alpha value is -0.750. The van der Waals surface area contributed by atoms with Crippen LogP contribution in [0.25, 0.3) is 0 Å². The summed E-state index contributed by atoms with van der Waals surface area (Å²) < 4.78 is 0. The maximum absolute atomic E-state index is 11.7. The number of carbonyl (C=O) groups is 2. The van der Waals surface area contributed by atoms with Crippen LogP contribution in [0.2, 0.25) is 0 Å². The van der Waals surface area contributed by atoms with Gasteiger partial charge in [0, 0.05) is 17.7 Å². The summed E-state index contributed by atoms with van der Waals surface area (Å²) in [6.45, 7) is 0. The van der Waals surface area contributed by atoms with Crippen LogP contribution >= 0.6 is 11.8 Å². The Morgan fingerprint density at radius 2 is 2.19 bits per heavy atom. The highest BCUT2D eigenvalue weighted by atomic mass is 32.2. The molecule has 2 rings (SSSR count). The van der Waals surface area contributed by atoms with Gasteiger partial charge in [-0.1, -0.05) is 0 Å². The molecule has 1 saturated carbocycles. The molecule has 3 N–H and O–H groups in total. The molecule has 0 bridgehead atoms. The van der Waals surface area contributed by atoms with Crippen LogP contribution in [-0.2, 0) is 9.59 Å². The quantitative estimate of drug-likeness (QED) is 0.652. The monoisotopic (exact) mass is 244 g/mol. The van der Waals surface area contributed by atoms with E-state index in [0.29, 0.717) is 12.8 Å². The molecule has 3 unspecified atom stereocenters. The van der Waals surface area contributed by atoms with Gasteiger partial charge in [-0.3, -0.25) is 14.9 Å². The molecule has 1 aliphatic carbocycles.